The molecule has 2 aliphatic rings. The maximum absolute atomic E-state index is 10.4. The van der Waals surface area contributed by atoms with Crippen molar-refractivity contribution in [1.82, 2.24) is 0 Å². The molecule has 6 N–H and O–H groups in total. The first-order chi connectivity index (χ1) is 16.4. The van der Waals surface area contributed by atoms with Crippen LogP contribution in [-0.2, 0) is 17.6 Å². The zero-order valence-corrected chi connectivity index (χ0v) is 18.7. The lowest BCUT2D eigenvalue weighted by molar-refractivity contribution is -0.277. The predicted molar refractivity (Wildman–Crippen MR) is 118 cm³/mol. The minimum absolute atomic E-state index is 0.0779. The molecule has 0 spiro atoms. The number of benzene rings is 2. The van der Waals surface area contributed by atoms with Crippen LogP contribution in [0.4, 0.5) is 0 Å². The molecule has 1 fully saturated rings. The number of fused-ring (bicyclic) bond motifs is 1. The number of hydrogen-bond donors (Lipinski definition) is 6. The molecule has 2 aliphatic heterocycles. The summed E-state index contributed by atoms with van der Waals surface area (Å²) in [7, 11) is 1.55. The smallest absolute Gasteiger partial charge is 0.229 e. The van der Waals surface area contributed by atoms with Gasteiger partial charge in [-0.05, 0) is 36.6 Å². The summed E-state index contributed by atoms with van der Waals surface area (Å²) in [5.41, 5.74) is 2.30. The van der Waals surface area contributed by atoms with E-state index < -0.39 is 43.4 Å². The number of methoxy groups -OCH3 is 1. The molecule has 0 aromatic heterocycles. The topological polar surface area (TPSA) is 158 Å². The first kappa shape index (κ1) is 24.5. The average molecular weight is 478 g/mol. The molecule has 186 valence electrons. The van der Waals surface area contributed by atoms with Gasteiger partial charge in [-0.2, -0.15) is 0 Å². The van der Waals surface area contributed by atoms with Crippen molar-refractivity contribution in [2.24, 2.45) is 0 Å². The maximum atomic E-state index is 10.4. The minimum Gasteiger partial charge on any atom is -0.508 e. The van der Waals surface area contributed by atoms with E-state index in [9.17, 15) is 30.6 Å². The van der Waals surface area contributed by atoms with E-state index in [0.717, 1.165) is 11.1 Å². The van der Waals surface area contributed by atoms with Crippen molar-refractivity contribution in [1.29, 1.82) is 0 Å². The van der Waals surface area contributed by atoms with Gasteiger partial charge in [-0.15, -0.1) is 0 Å². The largest absolute Gasteiger partial charge is 0.508 e. The zero-order chi connectivity index (χ0) is 24.4. The normalized spacial score (nSPS) is 28.6. The van der Waals surface area contributed by atoms with Crippen LogP contribution in [0, 0.1) is 0 Å². The summed E-state index contributed by atoms with van der Waals surface area (Å²) in [6.45, 7) is -0.665. The lowest BCUT2D eigenvalue weighted by Gasteiger charge is -2.40. The molecule has 6 atom stereocenters. The fourth-order valence-corrected chi connectivity index (χ4v) is 4.43. The highest BCUT2D eigenvalue weighted by molar-refractivity contribution is 5.52. The molecule has 10 nitrogen and oxygen atoms in total. The number of aryl methyl sites for hydroxylation is 1. The molecule has 2 aromatic rings. The lowest BCUT2D eigenvalue weighted by Crippen LogP contribution is -2.60. The van der Waals surface area contributed by atoms with Crippen LogP contribution in [0.3, 0.4) is 0 Å². The number of aliphatic hydroxyl groups is 5. The van der Waals surface area contributed by atoms with Crippen molar-refractivity contribution < 1.29 is 49.6 Å². The van der Waals surface area contributed by atoms with Crippen molar-refractivity contribution in [2.75, 3.05) is 20.3 Å². The van der Waals surface area contributed by atoms with Crippen molar-refractivity contribution in [2.45, 2.75) is 56.1 Å². The van der Waals surface area contributed by atoms with E-state index in [2.05, 4.69) is 0 Å². The average Bonchev–Trinajstić information content (AvgIpc) is 2.84. The van der Waals surface area contributed by atoms with Crippen molar-refractivity contribution in [3.8, 4) is 23.0 Å². The molecule has 0 amide bonds. The molecule has 10 heteroatoms. The van der Waals surface area contributed by atoms with Gasteiger partial charge in [0.25, 0.3) is 0 Å². The molecular formula is C24H30O10. The molecule has 4 rings (SSSR count). The molecule has 1 saturated heterocycles. The number of aliphatic hydroxyl groups excluding tert-OH is 5. The number of phenols is 1. The van der Waals surface area contributed by atoms with Gasteiger partial charge in [0.2, 0.25) is 6.29 Å². The number of hydrogen-bond acceptors (Lipinski definition) is 10. The number of phenolic OH excluding ortho intramolecular Hbond substituents is 1. The molecule has 0 bridgehead atoms. The Labute approximate surface area is 196 Å². The van der Waals surface area contributed by atoms with Gasteiger partial charge in [0.05, 0.1) is 13.7 Å². The van der Waals surface area contributed by atoms with Gasteiger partial charge in [0, 0.05) is 30.2 Å². The summed E-state index contributed by atoms with van der Waals surface area (Å²) in [6.07, 6.45) is -6.10. The zero-order valence-electron chi connectivity index (χ0n) is 18.7. The first-order valence-corrected chi connectivity index (χ1v) is 11.1. The highest BCUT2D eigenvalue weighted by Crippen LogP contribution is 2.44. The Kier molecular flexibility index (Phi) is 7.46. The Balaban J connectivity index is 1.64. The van der Waals surface area contributed by atoms with Crippen molar-refractivity contribution >= 4 is 0 Å². The maximum Gasteiger partial charge on any atom is 0.229 e. The van der Waals surface area contributed by atoms with E-state index in [4.69, 9.17) is 18.9 Å². The third kappa shape index (κ3) is 4.65. The van der Waals surface area contributed by atoms with Gasteiger partial charge in [-0.25, -0.2) is 0 Å². The van der Waals surface area contributed by atoms with Crippen molar-refractivity contribution in [3.05, 3.63) is 47.0 Å². The van der Waals surface area contributed by atoms with Crippen LogP contribution in [0.25, 0.3) is 0 Å². The minimum atomic E-state index is -1.60. The number of ether oxygens (including phenoxy) is 4. The van der Waals surface area contributed by atoms with Crippen LogP contribution in [-0.4, -0.2) is 81.7 Å². The summed E-state index contributed by atoms with van der Waals surface area (Å²) in [4.78, 5) is 0. The molecule has 2 heterocycles. The monoisotopic (exact) mass is 478 g/mol. The SMILES string of the molecule is COc1ccc2c(c1CCO)O[C@H](c1ccc(O)cc1O[C@H]1O[C@H](CO)[C@@H](O)[C@H](O)[C@H]1O)CC2. The predicted octanol–water partition coefficient (Wildman–Crippen LogP) is 0.181. The summed E-state index contributed by atoms with van der Waals surface area (Å²) in [5.74, 6) is 1.29. The number of rotatable bonds is 7. The quantitative estimate of drug-likeness (QED) is 0.324. The van der Waals surface area contributed by atoms with Crippen LogP contribution in [0.2, 0.25) is 0 Å². The fourth-order valence-electron chi connectivity index (χ4n) is 4.43. The van der Waals surface area contributed by atoms with Gasteiger partial charge in [-0.3, -0.25) is 0 Å². The standard InChI is InChI=1S/C24H30O10/c1-31-16-6-2-12-3-7-17(32-23(12)15(16)8-9-25)14-5-4-13(27)10-18(14)33-24-22(30)21(29)20(28)19(11-26)34-24/h2,4-6,10,17,19-22,24-30H,3,7-9,11H2,1H3/t17-,19+,20+,21-,22+,24-/m0/s1. The van der Waals surface area contributed by atoms with Crippen LogP contribution >= 0.6 is 0 Å². The Bertz CT molecular complexity index is 994. The van der Waals surface area contributed by atoms with E-state index in [1.54, 1.807) is 13.2 Å². The van der Waals surface area contributed by atoms with E-state index in [1.165, 1.54) is 12.1 Å². The highest BCUT2D eigenvalue weighted by atomic mass is 16.7. The molecule has 0 saturated carbocycles. The van der Waals surface area contributed by atoms with E-state index in [0.29, 0.717) is 36.3 Å². The second kappa shape index (κ2) is 10.3. The Hall–Kier alpha value is -2.60. The Morgan fingerprint density at radius 2 is 1.79 bits per heavy atom. The molecule has 0 radical (unpaired) electrons. The Morgan fingerprint density at radius 3 is 2.50 bits per heavy atom. The van der Waals surface area contributed by atoms with Crippen LogP contribution in [0.1, 0.15) is 29.2 Å². The molecule has 34 heavy (non-hydrogen) atoms. The first-order valence-electron chi connectivity index (χ1n) is 11.1. The van der Waals surface area contributed by atoms with Crippen LogP contribution in [0.15, 0.2) is 30.3 Å². The molecule has 2 aromatic carbocycles. The van der Waals surface area contributed by atoms with Gasteiger partial charge in [-0.1, -0.05) is 6.07 Å². The van der Waals surface area contributed by atoms with E-state index in [1.807, 2.05) is 12.1 Å². The molecule has 0 aliphatic carbocycles. The third-order valence-corrected chi connectivity index (χ3v) is 6.25. The Morgan fingerprint density at radius 1 is 1.00 bits per heavy atom. The van der Waals surface area contributed by atoms with Crippen LogP contribution < -0.4 is 14.2 Å². The molecular weight excluding hydrogens is 448 g/mol. The summed E-state index contributed by atoms with van der Waals surface area (Å²) in [5, 5.41) is 59.5. The van der Waals surface area contributed by atoms with Gasteiger partial charge in [0.1, 0.15) is 53.5 Å². The summed E-state index contributed by atoms with van der Waals surface area (Å²) in [6, 6.07) is 8.23. The fraction of sp³-hybridized carbons (Fsp3) is 0.500. The van der Waals surface area contributed by atoms with Crippen LogP contribution in [0.5, 0.6) is 23.0 Å². The highest BCUT2D eigenvalue weighted by Gasteiger charge is 2.45. The second-order valence-electron chi connectivity index (χ2n) is 8.39. The van der Waals surface area contributed by atoms with Gasteiger partial charge in [0.15, 0.2) is 0 Å². The second-order valence-corrected chi connectivity index (χ2v) is 8.39. The van der Waals surface area contributed by atoms with Gasteiger partial charge >= 0.3 is 0 Å². The number of aromatic hydroxyl groups is 1. The van der Waals surface area contributed by atoms with Crippen molar-refractivity contribution in [3.63, 3.8) is 0 Å². The van der Waals surface area contributed by atoms with E-state index in [-0.39, 0.29) is 18.1 Å². The van der Waals surface area contributed by atoms with E-state index >= 15 is 0 Å². The van der Waals surface area contributed by atoms with Gasteiger partial charge < -0.3 is 49.6 Å². The lowest BCUT2D eigenvalue weighted by atomic mass is 9.93. The summed E-state index contributed by atoms with van der Waals surface area (Å²) >= 11 is 0. The molecule has 0 unspecified atom stereocenters. The third-order valence-electron chi connectivity index (χ3n) is 6.25. The summed E-state index contributed by atoms with van der Waals surface area (Å²) < 4.78 is 23.1.